The summed E-state index contributed by atoms with van der Waals surface area (Å²) in [5, 5.41) is 11.6. The van der Waals surface area contributed by atoms with Crippen LogP contribution >= 0.6 is 27.3 Å². The van der Waals surface area contributed by atoms with Crippen molar-refractivity contribution >= 4 is 33.2 Å². The fourth-order valence-corrected chi connectivity index (χ4v) is 4.47. The van der Waals surface area contributed by atoms with E-state index in [9.17, 15) is 9.90 Å². The molecule has 1 aromatic rings. The average molecular weight is 346 g/mol. The van der Waals surface area contributed by atoms with E-state index in [4.69, 9.17) is 0 Å². The summed E-state index contributed by atoms with van der Waals surface area (Å²) in [7, 11) is 2.02. The molecule has 1 aliphatic carbocycles. The molecule has 0 aliphatic heterocycles. The second kappa shape index (κ2) is 6.37. The van der Waals surface area contributed by atoms with Crippen molar-refractivity contribution < 1.29 is 9.90 Å². The predicted molar refractivity (Wildman–Crippen MR) is 81.5 cm³/mol. The molecule has 0 radical (unpaired) electrons. The number of rotatable bonds is 5. The number of carbonyl (C=O) groups is 1. The van der Waals surface area contributed by atoms with Gasteiger partial charge in [-0.1, -0.05) is 19.3 Å². The maximum absolute atomic E-state index is 11.6. The maximum atomic E-state index is 11.6. The van der Waals surface area contributed by atoms with Gasteiger partial charge in [-0.25, -0.2) is 0 Å². The van der Waals surface area contributed by atoms with Crippen molar-refractivity contribution in [3.63, 3.8) is 0 Å². The Kier molecular flexibility index (Phi) is 5.03. The third-order valence-electron chi connectivity index (χ3n) is 3.88. The quantitative estimate of drug-likeness (QED) is 0.877. The first-order chi connectivity index (χ1) is 9.02. The van der Waals surface area contributed by atoms with Crippen LogP contribution in [0.15, 0.2) is 15.9 Å². The smallest absolute Gasteiger partial charge is 0.310 e. The van der Waals surface area contributed by atoms with Gasteiger partial charge in [-0.2, -0.15) is 0 Å². The SMILES string of the molecule is CN(Cc1cc(Br)cs1)CC1(C(=O)O)CCCCC1. The minimum atomic E-state index is -0.619. The van der Waals surface area contributed by atoms with Crippen molar-refractivity contribution in [2.45, 2.75) is 38.6 Å². The lowest BCUT2D eigenvalue weighted by molar-refractivity contribution is -0.152. The van der Waals surface area contributed by atoms with E-state index in [1.54, 1.807) is 11.3 Å². The topological polar surface area (TPSA) is 40.5 Å². The molecule has 0 unspecified atom stereocenters. The van der Waals surface area contributed by atoms with Crippen molar-refractivity contribution in [3.8, 4) is 0 Å². The Balaban J connectivity index is 1.98. The van der Waals surface area contributed by atoms with Gasteiger partial charge in [-0.05, 0) is 41.9 Å². The Hall–Kier alpha value is -0.390. The number of carboxylic acid groups (broad SMARTS) is 1. The van der Waals surface area contributed by atoms with Gasteiger partial charge >= 0.3 is 5.97 Å². The van der Waals surface area contributed by atoms with Crippen molar-refractivity contribution in [2.24, 2.45) is 5.41 Å². The molecule has 0 aromatic carbocycles. The molecule has 0 saturated heterocycles. The Bertz CT molecular complexity index is 440. The molecule has 1 aromatic heterocycles. The Morgan fingerprint density at radius 2 is 2.16 bits per heavy atom. The first-order valence-electron chi connectivity index (χ1n) is 6.67. The zero-order valence-corrected chi connectivity index (χ0v) is 13.6. The molecular weight excluding hydrogens is 326 g/mol. The molecule has 2 rings (SSSR count). The van der Waals surface area contributed by atoms with Gasteiger partial charge in [-0.3, -0.25) is 4.79 Å². The standard InChI is InChI=1S/C14H20BrNO2S/c1-16(8-12-7-11(15)9-19-12)10-14(13(17)18)5-3-2-4-6-14/h7,9H,2-6,8,10H2,1H3,(H,17,18). The van der Waals surface area contributed by atoms with Crippen LogP contribution in [0.1, 0.15) is 37.0 Å². The van der Waals surface area contributed by atoms with Crippen molar-refractivity contribution in [3.05, 3.63) is 20.8 Å². The molecule has 0 spiro atoms. The number of nitrogens with zero attached hydrogens (tertiary/aromatic N) is 1. The number of hydrogen-bond donors (Lipinski definition) is 1. The van der Waals surface area contributed by atoms with Gasteiger partial charge in [0.2, 0.25) is 0 Å². The predicted octanol–water partition coefficient (Wildman–Crippen LogP) is 3.98. The molecule has 19 heavy (non-hydrogen) atoms. The summed E-state index contributed by atoms with van der Waals surface area (Å²) in [5.41, 5.74) is -0.526. The molecule has 1 heterocycles. The van der Waals surface area contributed by atoms with Gasteiger partial charge in [0.15, 0.2) is 0 Å². The maximum Gasteiger partial charge on any atom is 0.310 e. The highest BCUT2D eigenvalue weighted by Gasteiger charge is 2.40. The monoisotopic (exact) mass is 345 g/mol. The number of aliphatic carboxylic acids is 1. The average Bonchev–Trinajstić information content (AvgIpc) is 2.75. The van der Waals surface area contributed by atoms with Crippen molar-refractivity contribution in [1.82, 2.24) is 4.90 Å². The summed E-state index contributed by atoms with van der Waals surface area (Å²) < 4.78 is 1.10. The summed E-state index contributed by atoms with van der Waals surface area (Å²) in [4.78, 5) is 15.1. The third kappa shape index (κ3) is 3.80. The fourth-order valence-electron chi connectivity index (χ4n) is 2.94. The van der Waals surface area contributed by atoms with Gasteiger partial charge in [0.25, 0.3) is 0 Å². The Morgan fingerprint density at radius 3 is 2.68 bits per heavy atom. The largest absolute Gasteiger partial charge is 0.481 e. The van der Waals surface area contributed by atoms with E-state index < -0.39 is 11.4 Å². The molecule has 1 fully saturated rings. The minimum absolute atomic E-state index is 0.526. The lowest BCUT2D eigenvalue weighted by Crippen LogP contribution is -2.43. The van der Waals surface area contributed by atoms with Crippen LogP contribution in [-0.2, 0) is 11.3 Å². The number of thiophene rings is 1. The van der Waals surface area contributed by atoms with Crippen LogP contribution < -0.4 is 0 Å². The zero-order chi connectivity index (χ0) is 13.9. The van der Waals surface area contributed by atoms with E-state index >= 15 is 0 Å². The van der Waals surface area contributed by atoms with Crippen LogP contribution in [0.25, 0.3) is 0 Å². The molecule has 0 atom stereocenters. The molecule has 0 bridgehead atoms. The van der Waals surface area contributed by atoms with Crippen LogP contribution in [0.2, 0.25) is 0 Å². The number of carboxylic acids is 1. The van der Waals surface area contributed by atoms with E-state index in [1.807, 2.05) is 7.05 Å². The Labute approximate surface area is 126 Å². The molecule has 106 valence electrons. The van der Waals surface area contributed by atoms with Gasteiger partial charge < -0.3 is 10.0 Å². The third-order valence-corrected chi connectivity index (χ3v) is 5.57. The normalized spacial score (nSPS) is 18.7. The van der Waals surface area contributed by atoms with Crippen molar-refractivity contribution in [2.75, 3.05) is 13.6 Å². The fraction of sp³-hybridized carbons (Fsp3) is 0.643. The first-order valence-corrected chi connectivity index (χ1v) is 8.34. The lowest BCUT2D eigenvalue weighted by atomic mass is 9.73. The molecule has 1 saturated carbocycles. The summed E-state index contributed by atoms with van der Waals surface area (Å²) >= 11 is 5.16. The zero-order valence-electron chi connectivity index (χ0n) is 11.2. The first kappa shape index (κ1) is 15.0. The lowest BCUT2D eigenvalue weighted by Gasteiger charge is -2.36. The van der Waals surface area contributed by atoms with E-state index in [2.05, 4.69) is 32.3 Å². The van der Waals surface area contributed by atoms with E-state index in [0.29, 0.717) is 6.54 Å². The second-order valence-corrected chi connectivity index (χ2v) is 7.46. The van der Waals surface area contributed by atoms with Crippen LogP contribution in [0.4, 0.5) is 0 Å². The summed E-state index contributed by atoms with van der Waals surface area (Å²) in [6.07, 6.45) is 4.91. The highest BCUT2D eigenvalue weighted by atomic mass is 79.9. The number of hydrogen-bond acceptors (Lipinski definition) is 3. The highest BCUT2D eigenvalue weighted by Crippen LogP contribution is 2.37. The Morgan fingerprint density at radius 1 is 1.47 bits per heavy atom. The summed E-state index contributed by atoms with van der Waals surface area (Å²) in [5.74, 6) is -0.619. The van der Waals surface area contributed by atoms with Crippen LogP contribution in [0.5, 0.6) is 0 Å². The summed E-state index contributed by atoms with van der Waals surface area (Å²) in [6.45, 7) is 1.48. The molecule has 0 amide bonds. The highest BCUT2D eigenvalue weighted by molar-refractivity contribution is 9.10. The van der Waals surface area contributed by atoms with E-state index in [-0.39, 0.29) is 0 Å². The van der Waals surface area contributed by atoms with Crippen LogP contribution in [-0.4, -0.2) is 29.6 Å². The second-order valence-electron chi connectivity index (χ2n) is 5.55. The van der Waals surface area contributed by atoms with E-state index in [1.165, 1.54) is 11.3 Å². The molecule has 5 heteroatoms. The van der Waals surface area contributed by atoms with Crippen LogP contribution in [0, 0.1) is 5.41 Å². The van der Waals surface area contributed by atoms with Gasteiger partial charge in [0.1, 0.15) is 0 Å². The van der Waals surface area contributed by atoms with E-state index in [0.717, 1.165) is 36.7 Å². The van der Waals surface area contributed by atoms with Gasteiger partial charge in [-0.15, -0.1) is 11.3 Å². The molecule has 3 nitrogen and oxygen atoms in total. The molecule has 1 N–H and O–H groups in total. The molecular formula is C14H20BrNO2S. The van der Waals surface area contributed by atoms with Gasteiger partial charge in [0.05, 0.1) is 5.41 Å². The minimum Gasteiger partial charge on any atom is -0.481 e. The summed E-state index contributed by atoms with van der Waals surface area (Å²) in [6, 6.07) is 2.11. The van der Waals surface area contributed by atoms with Crippen LogP contribution in [0.3, 0.4) is 0 Å². The molecule has 1 aliphatic rings. The number of halogens is 1. The van der Waals surface area contributed by atoms with Crippen molar-refractivity contribution in [1.29, 1.82) is 0 Å². The van der Waals surface area contributed by atoms with Gasteiger partial charge in [0, 0.05) is 27.8 Å².